The maximum atomic E-state index is 9.96. The van der Waals surface area contributed by atoms with Gasteiger partial charge >= 0.3 is 32.7 Å². The van der Waals surface area contributed by atoms with Crippen molar-refractivity contribution in [2.24, 2.45) is 0 Å². The molecule has 0 fully saturated rings. The van der Waals surface area contributed by atoms with Crippen molar-refractivity contribution in [2.45, 2.75) is 19.4 Å². The number of nitrogens with zero attached hydrogens (tertiary/aromatic N) is 2. The molecule has 0 bridgehead atoms. The van der Waals surface area contributed by atoms with Crippen LogP contribution in [0.4, 0.5) is 0 Å². The van der Waals surface area contributed by atoms with E-state index in [-0.39, 0.29) is 32.7 Å². The second-order valence-corrected chi connectivity index (χ2v) is 2.41. The maximum absolute atomic E-state index is 9.96. The number of hydrogen-bond donors (Lipinski definition) is 1. The molecule has 6 heteroatoms. The van der Waals surface area contributed by atoms with Crippen LogP contribution in [0.1, 0.15) is 13.8 Å². The Labute approximate surface area is 103 Å². The number of hydrogen-bond acceptors (Lipinski definition) is 3. The third-order valence-corrected chi connectivity index (χ3v) is 1.25. The summed E-state index contributed by atoms with van der Waals surface area (Å²) in [5.74, 6) is 0. The van der Waals surface area contributed by atoms with Crippen LogP contribution in [0.25, 0.3) is 0 Å². The molecule has 0 saturated heterocycles. The molecule has 0 heterocycles. The first kappa shape index (κ1) is 18.3. The molecule has 0 aromatic rings. The zero-order valence-electron chi connectivity index (χ0n) is 7.74. The molecule has 0 aliphatic carbocycles. The Hall–Kier alpha value is -0.466. The van der Waals surface area contributed by atoms with Crippen molar-refractivity contribution in [1.29, 1.82) is 5.26 Å². The Balaban J connectivity index is -0.000000220. The summed E-state index contributed by atoms with van der Waals surface area (Å²) in [7, 11) is 1.52. The summed E-state index contributed by atoms with van der Waals surface area (Å²) in [4.78, 5) is 19.4. The summed E-state index contributed by atoms with van der Waals surface area (Å²) in [5, 5.41) is 15.2. The molecule has 0 spiro atoms. The predicted molar refractivity (Wildman–Crippen MR) is 41.5 cm³/mol. The minimum Gasteiger partial charge on any atom is -0.665 e. The number of amides is 1. The van der Waals surface area contributed by atoms with Crippen molar-refractivity contribution in [3.05, 3.63) is 0 Å². The molecular weight excluding hydrogens is 249 g/mol. The Morgan fingerprint density at radius 3 is 1.85 bits per heavy atom. The number of nitriles is 1. The summed E-state index contributed by atoms with van der Waals surface area (Å²) in [5.41, 5.74) is -0.734. The van der Waals surface area contributed by atoms with E-state index >= 15 is 0 Å². The van der Waals surface area contributed by atoms with Crippen LogP contribution in [0, 0.1) is 11.3 Å². The van der Waals surface area contributed by atoms with E-state index in [4.69, 9.17) is 15.2 Å². The van der Waals surface area contributed by atoms with Crippen molar-refractivity contribution >= 4 is 12.9 Å². The van der Waals surface area contributed by atoms with Gasteiger partial charge in [0.05, 0.1) is 11.6 Å². The summed E-state index contributed by atoms with van der Waals surface area (Å²) < 4.78 is 0. The second-order valence-electron chi connectivity index (χ2n) is 2.41. The fourth-order valence-corrected chi connectivity index (χ4v) is 0.189. The van der Waals surface area contributed by atoms with Gasteiger partial charge in [-0.25, -0.2) is 0 Å². The molecule has 0 rings (SSSR count). The molecule has 68 valence electrons. The van der Waals surface area contributed by atoms with Gasteiger partial charge in [0.15, 0.2) is 0 Å². The molecule has 0 aromatic carbocycles. The minimum absolute atomic E-state index is 0. The molecule has 13 heavy (non-hydrogen) atoms. The Kier molecular flexibility index (Phi) is 13.6. The first-order chi connectivity index (χ1) is 5.46. The van der Waals surface area contributed by atoms with Crippen LogP contribution in [-0.4, -0.2) is 35.5 Å². The minimum atomic E-state index is -0.734. The smallest absolute Gasteiger partial charge is 0.665 e. The van der Waals surface area contributed by atoms with Gasteiger partial charge in [-0.05, 0) is 20.9 Å². The van der Waals surface area contributed by atoms with Gasteiger partial charge in [-0.15, -0.1) is 0 Å². The molecule has 0 aliphatic heterocycles. The summed E-state index contributed by atoms with van der Waals surface area (Å²) in [6.45, 7) is 3.80. The van der Waals surface area contributed by atoms with Crippen molar-refractivity contribution in [2.75, 3.05) is 7.05 Å². The number of rotatable bonds is 2. The van der Waals surface area contributed by atoms with Gasteiger partial charge in [-0.3, -0.25) is 0 Å². The third-order valence-electron chi connectivity index (χ3n) is 1.25. The van der Waals surface area contributed by atoms with E-state index in [2.05, 4.69) is 0 Å². The number of aliphatic hydroxyl groups excluding tert-OH is 1. The van der Waals surface area contributed by atoms with E-state index in [1.807, 2.05) is 6.07 Å². The van der Waals surface area contributed by atoms with Gasteiger partial charge < -0.3 is 19.6 Å². The van der Waals surface area contributed by atoms with Gasteiger partial charge in [0.25, 0.3) is 0 Å². The molecule has 0 aromatic heterocycles. The van der Waals surface area contributed by atoms with Crippen LogP contribution >= 0.6 is 0 Å². The van der Waals surface area contributed by atoms with E-state index in [1.54, 1.807) is 20.3 Å². The topological polar surface area (TPSA) is 81.4 Å². The second kappa shape index (κ2) is 9.62. The largest absolute Gasteiger partial charge is 3.00 e. The fraction of sp³-hybridized carbons (Fsp3) is 0.571. The van der Waals surface area contributed by atoms with Crippen molar-refractivity contribution < 1.29 is 47.4 Å². The van der Waals surface area contributed by atoms with E-state index < -0.39 is 5.54 Å². The van der Waals surface area contributed by atoms with E-state index in [1.165, 1.54) is 11.9 Å². The first-order valence-electron chi connectivity index (χ1n) is 3.00. The summed E-state index contributed by atoms with van der Waals surface area (Å²) in [6.07, 6.45) is 1.62. The van der Waals surface area contributed by atoms with Gasteiger partial charge in [0.2, 0.25) is 0 Å². The third kappa shape index (κ3) is 9.45. The van der Waals surface area contributed by atoms with Gasteiger partial charge in [0.1, 0.15) is 0 Å². The van der Waals surface area contributed by atoms with Crippen LogP contribution in [0.5, 0.6) is 0 Å². The Bertz CT molecular complexity index is 189. The van der Waals surface area contributed by atoms with E-state index in [0.717, 1.165) is 0 Å². The molecular formula is C7H10N2O3Y+. The van der Waals surface area contributed by atoms with Crippen LogP contribution < -0.4 is 0 Å². The molecule has 0 unspecified atom stereocenters. The molecule has 1 amide bonds. The zero-order chi connectivity index (χ0) is 10.2. The van der Waals surface area contributed by atoms with E-state index in [0.29, 0.717) is 6.47 Å². The molecule has 0 aliphatic rings. The van der Waals surface area contributed by atoms with Crippen LogP contribution in [0.2, 0.25) is 0 Å². The normalized spacial score (nSPS) is 7.85. The maximum Gasteiger partial charge on any atom is 3.00 e. The first-order valence-corrected chi connectivity index (χ1v) is 3.00. The average Bonchev–Trinajstić information content (AvgIpc) is 2.04. The monoisotopic (exact) mass is 259 g/mol. The van der Waals surface area contributed by atoms with Crippen molar-refractivity contribution in [3.8, 4) is 6.07 Å². The summed E-state index contributed by atoms with van der Waals surface area (Å²) in [6, 6.07) is 1.96. The Morgan fingerprint density at radius 2 is 1.77 bits per heavy atom. The molecule has 0 radical (unpaired) electrons. The predicted octanol–water partition coefficient (Wildman–Crippen LogP) is -0.103. The van der Waals surface area contributed by atoms with Crippen molar-refractivity contribution in [1.82, 2.24) is 4.90 Å². The van der Waals surface area contributed by atoms with Crippen molar-refractivity contribution in [3.63, 3.8) is 0 Å². The number of carbonyl (C=O) groups excluding carboxylic acids is 1. The van der Waals surface area contributed by atoms with Crippen LogP contribution in [0.3, 0.4) is 0 Å². The molecule has 5 nitrogen and oxygen atoms in total. The molecule has 1 N–H and O–H groups in total. The quantitative estimate of drug-likeness (QED) is 0.554. The Morgan fingerprint density at radius 1 is 1.46 bits per heavy atom. The SMILES string of the molecule is CN([C-]=O)C(C)(C)C#N.O=[C-]O.[Y+3]. The summed E-state index contributed by atoms with van der Waals surface area (Å²) >= 11 is 0. The molecule has 0 saturated carbocycles. The van der Waals surface area contributed by atoms with Crippen LogP contribution in [-0.2, 0) is 42.3 Å². The van der Waals surface area contributed by atoms with Gasteiger partial charge in [-0.1, -0.05) is 6.47 Å². The average molecular weight is 259 g/mol. The zero-order valence-corrected chi connectivity index (χ0v) is 10.6. The van der Waals surface area contributed by atoms with Gasteiger partial charge in [0, 0.05) is 0 Å². The van der Waals surface area contributed by atoms with E-state index in [9.17, 15) is 4.79 Å². The van der Waals surface area contributed by atoms with Gasteiger partial charge in [-0.2, -0.15) is 11.7 Å². The fourth-order valence-electron chi connectivity index (χ4n) is 0.189. The van der Waals surface area contributed by atoms with Crippen LogP contribution in [0.15, 0.2) is 0 Å². The molecule has 0 atom stereocenters. The standard InChI is InChI=1S/C6H9N2O.CHO2.Y/c1-6(2,4-7)8(3)5-9;2-1-3;/h1-3H3;(H,2,3);/q2*-1;+3.